The Labute approximate surface area is 125 Å². The Hall–Kier alpha value is -1.40. The Balaban J connectivity index is 1.70. The third-order valence-corrected chi connectivity index (χ3v) is 5.30. The summed E-state index contributed by atoms with van der Waals surface area (Å²) in [4.78, 5) is 13.0. The number of rotatable bonds is 3. The molecule has 2 aliphatic rings. The highest BCUT2D eigenvalue weighted by Gasteiger charge is 2.54. The summed E-state index contributed by atoms with van der Waals surface area (Å²) in [7, 11) is 2.01. The van der Waals surface area contributed by atoms with Crippen molar-refractivity contribution in [1.82, 2.24) is 9.97 Å². The minimum Gasteiger partial charge on any atom is -0.392 e. The van der Waals surface area contributed by atoms with Gasteiger partial charge in [-0.2, -0.15) is 0 Å². The van der Waals surface area contributed by atoms with E-state index in [0.717, 1.165) is 44.1 Å². The van der Waals surface area contributed by atoms with Gasteiger partial charge in [0, 0.05) is 44.6 Å². The molecule has 1 spiro atoms. The van der Waals surface area contributed by atoms with Gasteiger partial charge < -0.3 is 20.0 Å². The molecule has 1 aromatic rings. The van der Waals surface area contributed by atoms with Gasteiger partial charge in [0.2, 0.25) is 0 Å². The van der Waals surface area contributed by atoms with E-state index in [0.29, 0.717) is 6.42 Å². The van der Waals surface area contributed by atoms with E-state index in [4.69, 9.17) is 0 Å². The third-order valence-electron chi connectivity index (χ3n) is 5.30. The second kappa shape index (κ2) is 5.42. The number of anilines is 2. The molecule has 1 saturated heterocycles. The first kappa shape index (κ1) is 14.5. The smallest absolute Gasteiger partial charge is 0.134 e. The molecule has 1 saturated carbocycles. The Morgan fingerprint density at radius 3 is 2.52 bits per heavy atom. The number of aliphatic hydroxyl groups excluding tert-OH is 2. The summed E-state index contributed by atoms with van der Waals surface area (Å²) in [5.41, 5.74) is -0.271. The van der Waals surface area contributed by atoms with E-state index >= 15 is 0 Å². The number of aromatic nitrogens is 2. The van der Waals surface area contributed by atoms with Crippen LogP contribution in [0.1, 0.15) is 26.2 Å². The van der Waals surface area contributed by atoms with Crippen LogP contribution in [0.25, 0.3) is 0 Å². The Morgan fingerprint density at radius 2 is 1.95 bits per heavy atom. The molecule has 0 aromatic carbocycles. The van der Waals surface area contributed by atoms with Crippen LogP contribution in [0.5, 0.6) is 0 Å². The summed E-state index contributed by atoms with van der Waals surface area (Å²) in [5, 5.41) is 20.0. The van der Waals surface area contributed by atoms with E-state index < -0.39 is 0 Å². The number of nitrogens with zero attached hydrogens (tertiary/aromatic N) is 4. The maximum absolute atomic E-state index is 9.99. The molecule has 1 aliphatic heterocycles. The predicted molar refractivity (Wildman–Crippen MR) is 81.5 cm³/mol. The van der Waals surface area contributed by atoms with Crippen LogP contribution >= 0.6 is 0 Å². The molecular weight excluding hydrogens is 268 g/mol. The number of aliphatic hydroxyl groups is 2. The zero-order valence-electron chi connectivity index (χ0n) is 12.7. The Bertz CT molecular complexity index is 492. The van der Waals surface area contributed by atoms with Crippen molar-refractivity contribution in [2.24, 2.45) is 5.41 Å². The molecule has 2 atom stereocenters. The van der Waals surface area contributed by atoms with Crippen molar-refractivity contribution in [3.63, 3.8) is 0 Å². The van der Waals surface area contributed by atoms with Crippen molar-refractivity contribution in [3.8, 4) is 0 Å². The van der Waals surface area contributed by atoms with Gasteiger partial charge in [-0.15, -0.1) is 0 Å². The van der Waals surface area contributed by atoms with E-state index in [9.17, 15) is 10.2 Å². The van der Waals surface area contributed by atoms with E-state index in [-0.39, 0.29) is 17.6 Å². The van der Waals surface area contributed by atoms with Crippen LogP contribution in [-0.2, 0) is 0 Å². The van der Waals surface area contributed by atoms with Gasteiger partial charge in [-0.3, -0.25) is 0 Å². The van der Waals surface area contributed by atoms with Gasteiger partial charge in [0.1, 0.15) is 18.0 Å². The van der Waals surface area contributed by atoms with Crippen LogP contribution in [-0.4, -0.2) is 59.1 Å². The topological polar surface area (TPSA) is 72.7 Å². The molecule has 0 unspecified atom stereocenters. The number of piperidine rings is 1. The van der Waals surface area contributed by atoms with Crippen molar-refractivity contribution in [3.05, 3.63) is 12.4 Å². The van der Waals surface area contributed by atoms with Crippen LogP contribution in [0.15, 0.2) is 12.4 Å². The maximum Gasteiger partial charge on any atom is 0.134 e. The molecule has 1 aromatic heterocycles. The first-order valence-corrected chi connectivity index (χ1v) is 7.71. The summed E-state index contributed by atoms with van der Waals surface area (Å²) in [6, 6.07) is 2.01. The summed E-state index contributed by atoms with van der Waals surface area (Å²) in [6.45, 7) is 4.63. The summed E-state index contributed by atoms with van der Waals surface area (Å²) in [5.74, 6) is 1.85. The molecule has 6 heteroatoms. The fourth-order valence-corrected chi connectivity index (χ4v) is 3.44. The van der Waals surface area contributed by atoms with E-state index in [1.807, 2.05) is 13.1 Å². The zero-order valence-corrected chi connectivity index (χ0v) is 12.7. The van der Waals surface area contributed by atoms with Gasteiger partial charge >= 0.3 is 0 Å². The Kier molecular flexibility index (Phi) is 3.75. The summed E-state index contributed by atoms with van der Waals surface area (Å²) in [6.07, 6.45) is 3.08. The Morgan fingerprint density at radius 1 is 1.29 bits per heavy atom. The first-order chi connectivity index (χ1) is 10.1. The standard InChI is InChI=1S/C15H24N4O2/c1-3-18(2)13-9-14(17-10-16-13)19-6-4-15(5-7-19)11(20)8-12(15)21/h9-12,20-21H,3-8H2,1-2H3/t11-,12+. The normalized spacial score (nSPS) is 27.5. The van der Waals surface area contributed by atoms with Crippen LogP contribution in [0, 0.1) is 5.41 Å². The van der Waals surface area contributed by atoms with Crippen molar-refractivity contribution in [1.29, 1.82) is 0 Å². The van der Waals surface area contributed by atoms with E-state index in [2.05, 4.69) is 26.7 Å². The van der Waals surface area contributed by atoms with Crippen LogP contribution < -0.4 is 9.80 Å². The highest BCUT2D eigenvalue weighted by Crippen LogP contribution is 2.49. The number of hydrogen-bond acceptors (Lipinski definition) is 6. The average molecular weight is 292 g/mol. The largest absolute Gasteiger partial charge is 0.392 e. The fourth-order valence-electron chi connectivity index (χ4n) is 3.44. The summed E-state index contributed by atoms with van der Waals surface area (Å²) >= 11 is 0. The average Bonchev–Trinajstić information content (AvgIpc) is 2.54. The van der Waals surface area contributed by atoms with Crippen LogP contribution in [0.4, 0.5) is 11.6 Å². The predicted octanol–water partition coefficient (Wildman–Crippen LogP) is 0.645. The lowest BCUT2D eigenvalue weighted by molar-refractivity contribution is -0.177. The highest BCUT2D eigenvalue weighted by atomic mass is 16.3. The molecule has 0 bridgehead atoms. The molecule has 116 valence electrons. The molecule has 2 heterocycles. The van der Waals surface area contributed by atoms with Gasteiger partial charge in [0.05, 0.1) is 12.2 Å². The van der Waals surface area contributed by atoms with Crippen LogP contribution in [0.2, 0.25) is 0 Å². The minimum atomic E-state index is -0.346. The zero-order chi connectivity index (χ0) is 15.0. The monoisotopic (exact) mass is 292 g/mol. The lowest BCUT2D eigenvalue weighted by atomic mass is 9.58. The maximum atomic E-state index is 9.99. The first-order valence-electron chi connectivity index (χ1n) is 7.71. The van der Waals surface area contributed by atoms with Gasteiger partial charge in [-0.25, -0.2) is 9.97 Å². The molecular formula is C15H24N4O2. The van der Waals surface area contributed by atoms with Gasteiger partial charge in [-0.05, 0) is 19.8 Å². The van der Waals surface area contributed by atoms with Crippen molar-refractivity contribution < 1.29 is 10.2 Å². The van der Waals surface area contributed by atoms with Gasteiger partial charge in [0.15, 0.2) is 0 Å². The van der Waals surface area contributed by atoms with Gasteiger partial charge in [0.25, 0.3) is 0 Å². The minimum absolute atomic E-state index is 0.271. The van der Waals surface area contributed by atoms with E-state index in [1.165, 1.54) is 0 Å². The third kappa shape index (κ3) is 2.36. The van der Waals surface area contributed by atoms with Gasteiger partial charge in [-0.1, -0.05) is 0 Å². The SMILES string of the molecule is CCN(C)c1cc(N2CCC3(CC2)[C@H](O)C[C@@H]3O)ncn1. The van der Waals surface area contributed by atoms with Crippen molar-refractivity contribution in [2.75, 3.05) is 36.5 Å². The molecule has 3 rings (SSSR count). The van der Waals surface area contributed by atoms with Crippen molar-refractivity contribution in [2.45, 2.75) is 38.4 Å². The highest BCUT2D eigenvalue weighted by molar-refractivity contribution is 5.50. The molecule has 1 aliphatic carbocycles. The molecule has 2 N–H and O–H groups in total. The van der Waals surface area contributed by atoms with E-state index in [1.54, 1.807) is 6.33 Å². The lowest BCUT2D eigenvalue weighted by Crippen LogP contribution is -2.61. The molecule has 0 radical (unpaired) electrons. The summed E-state index contributed by atoms with van der Waals surface area (Å²) < 4.78 is 0. The molecule has 2 fully saturated rings. The molecule has 6 nitrogen and oxygen atoms in total. The van der Waals surface area contributed by atoms with Crippen molar-refractivity contribution >= 4 is 11.6 Å². The lowest BCUT2D eigenvalue weighted by Gasteiger charge is -2.55. The second-order valence-corrected chi connectivity index (χ2v) is 6.24. The van der Waals surface area contributed by atoms with Crippen LogP contribution in [0.3, 0.4) is 0 Å². The fraction of sp³-hybridized carbons (Fsp3) is 0.733. The quantitative estimate of drug-likeness (QED) is 0.852. The molecule has 21 heavy (non-hydrogen) atoms. The number of hydrogen-bond donors (Lipinski definition) is 2. The second-order valence-electron chi connectivity index (χ2n) is 6.24. The molecule has 0 amide bonds.